The van der Waals surface area contributed by atoms with E-state index in [1.165, 1.54) is 16.7 Å². The van der Waals surface area contributed by atoms with Gasteiger partial charge in [0.15, 0.2) is 0 Å². The van der Waals surface area contributed by atoms with Gasteiger partial charge in [-0.2, -0.15) is 26.3 Å². The standard InChI is InChI=1S/C27H30ClF6N3O3/c1-15(2)40-25(39)36-8-6-7-22(20-12-24(35(4)5)21(28)13-23(20)36)37(16(3)38)14-17-9-18(26(29,30)31)11-19(10-17)27(32,33)34/h9-13,15,22H,6-8,14H2,1-5H3. The fourth-order valence-corrected chi connectivity index (χ4v) is 4.98. The van der Waals surface area contributed by atoms with Crippen LogP contribution in [0.15, 0.2) is 30.3 Å². The lowest BCUT2D eigenvalue weighted by atomic mass is 9.97. The Hall–Kier alpha value is -3.15. The topological polar surface area (TPSA) is 53.1 Å². The largest absolute Gasteiger partial charge is 0.446 e. The molecule has 0 aliphatic carbocycles. The minimum Gasteiger partial charge on any atom is -0.446 e. The van der Waals surface area contributed by atoms with E-state index in [0.717, 1.165) is 0 Å². The van der Waals surface area contributed by atoms with E-state index in [1.54, 1.807) is 45.0 Å². The van der Waals surface area contributed by atoms with E-state index in [4.69, 9.17) is 16.3 Å². The first-order chi connectivity index (χ1) is 18.4. The number of carbonyl (C=O) groups excluding carboxylic acids is 2. The van der Waals surface area contributed by atoms with Gasteiger partial charge in [0.1, 0.15) is 0 Å². The summed E-state index contributed by atoms with van der Waals surface area (Å²) in [6, 6.07) is 3.71. The molecule has 2 aromatic rings. The first-order valence-corrected chi connectivity index (χ1v) is 12.8. The number of amides is 2. The van der Waals surface area contributed by atoms with Gasteiger partial charge in [0.05, 0.1) is 39.7 Å². The van der Waals surface area contributed by atoms with Gasteiger partial charge in [-0.15, -0.1) is 0 Å². The lowest BCUT2D eigenvalue weighted by Gasteiger charge is -2.33. The lowest BCUT2D eigenvalue weighted by Crippen LogP contribution is -2.35. The number of anilines is 2. The highest BCUT2D eigenvalue weighted by Crippen LogP contribution is 2.43. The second kappa shape index (κ2) is 11.8. The summed E-state index contributed by atoms with van der Waals surface area (Å²) >= 11 is 6.51. The predicted octanol–water partition coefficient (Wildman–Crippen LogP) is 7.68. The van der Waals surface area contributed by atoms with Gasteiger partial charge >= 0.3 is 18.4 Å². The van der Waals surface area contributed by atoms with Crippen molar-refractivity contribution in [1.82, 2.24) is 4.90 Å². The van der Waals surface area contributed by atoms with Gasteiger partial charge in [-0.05, 0) is 62.6 Å². The molecule has 0 saturated heterocycles. The maximum absolute atomic E-state index is 13.5. The zero-order valence-electron chi connectivity index (χ0n) is 22.6. The van der Waals surface area contributed by atoms with Gasteiger partial charge in [-0.1, -0.05) is 11.6 Å². The Morgan fingerprint density at radius 1 is 1.02 bits per heavy atom. The Balaban J connectivity index is 2.17. The van der Waals surface area contributed by atoms with Crippen molar-refractivity contribution in [3.8, 4) is 0 Å². The molecule has 0 radical (unpaired) electrons. The molecule has 13 heteroatoms. The van der Waals surface area contributed by atoms with Crippen molar-refractivity contribution >= 4 is 35.0 Å². The molecule has 0 saturated carbocycles. The van der Waals surface area contributed by atoms with Gasteiger partial charge in [0.2, 0.25) is 5.91 Å². The zero-order chi connectivity index (χ0) is 30.2. The third kappa shape index (κ3) is 7.13. The van der Waals surface area contributed by atoms with Gasteiger partial charge < -0.3 is 14.5 Å². The van der Waals surface area contributed by atoms with Crippen LogP contribution in [0.3, 0.4) is 0 Å². The van der Waals surface area contributed by atoms with Crippen LogP contribution in [0.1, 0.15) is 61.9 Å². The monoisotopic (exact) mass is 593 g/mol. The summed E-state index contributed by atoms with van der Waals surface area (Å²) in [5.74, 6) is -0.568. The fraction of sp³-hybridized carbons (Fsp3) is 0.481. The van der Waals surface area contributed by atoms with E-state index in [0.29, 0.717) is 40.5 Å². The Morgan fingerprint density at radius 3 is 2.08 bits per heavy atom. The molecule has 0 N–H and O–H groups in total. The van der Waals surface area contributed by atoms with Crippen LogP contribution >= 0.6 is 11.6 Å². The molecular formula is C27H30ClF6N3O3. The number of benzene rings is 2. The molecule has 1 aliphatic rings. The fourth-order valence-electron chi connectivity index (χ4n) is 4.66. The molecule has 0 aromatic heterocycles. The molecule has 1 atom stereocenters. The number of nitrogens with zero attached hydrogens (tertiary/aromatic N) is 3. The molecule has 1 heterocycles. The molecule has 0 fully saturated rings. The summed E-state index contributed by atoms with van der Waals surface area (Å²) in [7, 11) is 3.46. The molecule has 40 heavy (non-hydrogen) atoms. The predicted molar refractivity (Wildman–Crippen MR) is 139 cm³/mol. The SMILES string of the molecule is CC(=O)N(Cc1cc(C(F)(F)F)cc(C(F)(F)F)c1)C1CCCN(C(=O)OC(C)C)c2cc(Cl)c(N(C)C)cc21. The molecule has 2 amide bonds. The van der Waals surface area contributed by atoms with E-state index >= 15 is 0 Å². The van der Waals surface area contributed by atoms with Crippen LogP contribution in [0.25, 0.3) is 0 Å². The van der Waals surface area contributed by atoms with Crippen LogP contribution in [0.4, 0.5) is 42.5 Å². The smallest absolute Gasteiger partial charge is 0.416 e. The second-order valence-corrected chi connectivity index (χ2v) is 10.5. The first kappa shape index (κ1) is 31.4. The van der Waals surface area contributed by atoms with E-state index in [2.05, 4.69) is 0 Å². The summed E-state index contributed by atoms with van der Waals surface area (Å²) in [6.45, 7) is 4.23. The number of ether oxygens (including phenoxy) is 1. The van der Waals surface area contributed by atoms with E-state index in [9.17, 15) is 35.9 Å². The summed E-state index contributed by atoms with van der Waals surface area (Å²) in [4.78, 5) is 30.2. The highest BCUT2D eigenvalue weighted by Gasteiger charge is 2.38. The molecular weight excluding hydrogens is 564 g/mol. The molecule has 2 aromatic carbocycles. The minimum atomic E-state index is -5.03. The molecule has 0 spiro atoms. The Kier molecular flexibility index (Phi) is 9.22. The summed E-state index contributed by atoms with van der Waals surface area (Å²) < 4.78 is 86.3. The van der Waals surface area contributed by atoms with Crippen molar-refractivity contribution in [2.75, 3.05) is 30.4 Å². The third-order valence-electron chi connectivity index (χ3n) is 6.42. The lowest BCUT2D eigenvalue weighted by molar-refractivity contribution is -0.143. The van der Waals surface area contributed by atoms with Crippen molar-refractivity contribution in [2.45, 2.75) is 64.7 Å². The summed E-state index contributed by atoms with van der Waals surface area (Å²) in [5.41, 5.74) is -1.91. The Bertz CT molecular complexity index is 1230. The molecule has 6 nitrogen and oxygen atoms in total. The number of hydrogen-bond donors (Lipinski definition) is 0. The molecule has 1 unspecified atom stereocenters. The summed E-state index contributed by atoms with van der Waals surface area (Å²) in [6.07, 6.45) is -10.5. The quantitative estimate of drug-likeness (QED) is 0.334. The van der Waals surface area contributed by atoms with E-state index in [-0.39, 0.29) is 24.6 Å². The van der Waals surface area contributed by atoms with Crippen LogP contribution in [0, 0.1) is 0 Å². The van der Waals surface area contributed by atoms with Crippen LogP contribution in [-0.2, 0) is 28.4 Å². The molecule has 0 bridgehead atoms. The van der Waals surface area contributed by atoms with E-state index in [1.807, 2.05) is 0 Å². The van der Waals surface area contributed by atoms with Crippen LogP contribution in [0.2, 0.25) is 5.02 Å². The summed E-state index contributed by atoms with van der Waals surface area (Å²) in [5, 5.41) is 0.300. The minimum absolute atomic E-state index is 0.0477. The maximum atomic E-state index is 13.5. The maximum Gasteiger partial charge on any atom is 0.416 e. The average Bonchev–Trinajstić information content (AvgIpc) is 2.99. The van der Waals surface area contributed by atoms with Gasteiger partial charge in [0.25, 0.3) is 0 Å². The zero-order valence-corrected chi connectivity index (χ0v) is 23.3. The number of carbonyl (C=O) groups is 2. The number of fused-ring (bicyclic) bond motifs is 1. The first-order valence-electron chi connectivity index (χ1n) is 12.4. The highest BCUT2D eigenvalue weighted by molar-refractivity contribution is 6.33. The molecule has 3 rings (SSSR count). The number of halogens is 7. The van der Waals surface area contributed by atoms with Crippen LogP contribution in [-0.4, -0.2) is 43.6 Å². The van der Waals surface area contributed by atoms with E-state index < -0.39 is 54.2 Å². The van der Waals surface area contributed by atoms with Crippen molar-refractivity contribution in [1.29, 1.82) is 0 Å². The third-order valence-corrected chi connectivity index (χ3v) is 6.73. The highest BCUT2D eigenvalue weighted by atomic mass is 35.5. The van der Waals surface area contributed by atoms with Crippen LogP contribution in [0.5, 0.6) is 0 Å². The normalized spacial score (nSPS) is 15.9. The van der Waals surface area contributed by atoms with Gasteiger partial charge in [-0.3, -0.25) is 9.69 Å². The number of alkyl halides is 6. The van der Waals surface area contributed by atoms with Crippen molar-refractivity contribution < 1.29 is 40.7 Å². The van der Waals surface area contributed by atoms with Gasteiger partial charge in [-0.25, -0.2) is 4.79 Å². The number of rotatable bonds is 5. The van der Waals surface area contributed by atoms with Crippen molar-refractivity contribution in [2.24, 2.45) is 0 Å². The average molecular weight is 594 g/mol. The molecule has 220 valence electrons. The number of hydrogen-bond acceptors (Lipinski definition) is 4. The van der Waals surface area contributed by atoms with Crippen molar-refractivity contribution in [3.63, 3.8) is 0 Å². The Labute approximate surface area is 233 Å². The Morgan fingerprint density at radius 2 is 1.60 bits per heavy atom. The van der Waals surface area contributed by atoms with Crippen molar-refractivity contribution in [3.05, 3.63) is 57.6 Å². The van der Waals surface area contributed by atoms with Crippen LogP contribution < -0.4 is 9.80 Å². The van der Waals surface area contributed by atoms with Gasteiger partial charge in [0, 0.05) is 39.7 Å². The second-order valence-electron chi connectivity index (χ2n) is 10.1. The molecule has 1 aliphatic heterocycles.